The van der Waals surface area contributed by atoms with Gasteiger partial charge in [0.1, 0.15) is 12.2 Å². The summed E-state index contributed by atoms with van der Waals surface area (Å²) in [6.45, 7) is 2.55. The van der Waals surface area contributed by atoms with E-state index in [1.807, 2.05) is 53.1 Å². The Morgan fingerprint density at radius 2 is 1.67 bits per heavy atom. The third kappa shape index (κ3) is 3.19. The van der Waals surface area contributed by atoms with Crippen LogP contribution in [0.25, 0.3) is 21.8 Å². The molecule has 27 heavy (non-hydrogen) atoms. The maximum absolute atomic E-state index is 12.8. The molecule has 0 aliphatic heterocycles. The Morgan fingerprint density at radius 3 is 2.30 bits per heavy atom. The number of rotatable bonds is 5. The van der Waals surface area contributed by atoms with Crippen molar-refractivity contribution in [2.45, 2.75) is 20.0 Å². The van der Waals surface area contributed by atoms with E-state index in [4.69, 9.17) is 4.74 Å². The highest BCUT2D eigenvalue weighted by molar-refractivity contribution is 5.93. The number of esters is 1. The van der Waals surface area contributed by atoms with Crippen molar-refractivity contribution < 1.29 is 9.53 Å². The largest absolute Gasteiger partial charge is 0.465 e. The number of carbonyl (C=O) groups excluding carboxylic acids is 1. The number of benzene rings is 2. The van der Waals surface area contributed by atoms with Crippen LogP contribution in [0.2, 0.25) is 0 Å². The molecule has 0 bridgehead atoms. The van der Waals surface area contributed by atoms with E-state index < -0.39 is 0 Å². The summed E-state index contributed by atoms with van der Waals surface area (Å²) in [6.07, 6.45) is 1.72. The lowest BCUT2D eigenvalue weighted by atomic mass is 10.1. The summed E-state index contributed by atoms with van der Waals surface area (Å²) in [5.41, 5.74) is 2.38. The second kappa shape index (κ2) is 7.03. The Kier molecular flexibility index (Phi) is 4.42. The molecule has 0 fully saturated rings. The third-order valence-corrected chi connectivity index (χ3v) is 4.38. The lowest BCUT2D eigenvalue weighted by Gasteiger charge is -2.13. The predicted octanol–water partition coefficient (Wildman–Crippen LogP) is 2.36. The van der Waals surface area contributed by atoms with Crippen molar-refractivity contribution in [1.82, 2.24) is 19.6 Å². The summed E-state index contributed by atoms with van der Waals surface area (Å²) in [6, 6.07) is 15.0. The molecule has 7 nitrogen and oxygen atoms in total. The first-order valence-corrected chi connectivity index (χ1v) is 8.72. The van der Waals surface area contributed by atoms with Gasteiger partial charge >= 0.3 is 5.97 Å². The van der Waals surface area contributed by atoms with Gasteiger partial charge < -0.3 is 9.30 Å². The molecule has 4 rings (SSSR count). The van der Waals surface area contributed by atoms with Gasteiger partial charge in [-0.25, -0.2) is 4.68 Å². The highest BCUT2D eigenvalue weighted by atomic mass is 16.5. The zero-order valence-electron chi connectivity index (χ0n) is 14.8. The minimum Gasteiger partial charge on any atom is -0.465 e. The lowest BCUT2D eigenvalue weighted by Crippen LogP contribution is -2.14. The van der Waals surface area contributed by atoms with E-state index in [2.05, 4.69) is 10.3 Å². The fourth-order valence-corrected chi connectivity index (χ4v) is 3.24. The van der Waals surface area contributed by atoms with Crippen LogP contribution in [-0.2, 0) is 22.6 Å². The lowest BCUT2D eigenvalue weighted by molar-refractivity contribution is -0.144. The average Bonchev–Trinajstić information content (AvgIpc) is 3.12. The third-order valence-electron chi connectivity index (χ3n) is 4.38. The van der Waals surface area contributed by atoms with Gasteiger partial charge in [-0.05, 0) is 31.2 Å². The van der Waals surface area contributed by atoms with Crippen molar-refractivity contribution >= 4 is 27.8 Å². The number of para-hydroxylation sites is 2. The Morgan fingerprint density at radius 1 is 1.04 bits per heavy atom. The van der Waals surface area contributed by atoms with Crippen LogP contribution in [0, 0.1) is 0 Å². The summed E-state index contributed by atoms with van der Waals surface area (Å²) in [5, 5.41) is 9.49. The zero-order valence-corrected chi connectivity index (χ0v) is 14.8. The molecule has 4 aromatic rings. The average molecular weight is 362 g/mol. The first-order chi connectivity index (χ1) is 13.2. The van der Waals surface area contributed by atoms with Crippen LogP contribution in [0.15, 0.2) is 59.5 Å². The van der Waals surface area contributed by atoms with E-state index in [-0.39, 0.29) is 17.9 Å². The highest BCUT2D eigenvalue weighted by Crippen LogP contribution is 2.20. The van der Waals surface area contributed by atoms with Gasteiger partial charge in [0.05, 0.1) is 30.4 Å². The van der Waals surface area contributed by atoms with Crippen LogP contribution >= 0.6 is 0 Å². The predicted molar refractivity (Wildman–Crippen MR) is 101 cm³/mol. The fourth-order valence-electron chi connectivity index (χ4n) is 3.24. The molecule has 0 unspecified atom stereocenters. The molecule has 2 aromatic heterocycles. The summed E-state index contributed by atoms with van der Waals surface area (Å²) >= 11 is 0. The molecule has 0 aliphatic carbocycles. The summed E-state index contributed by atoms with van der Waals surface area (Å²) in [5.74, 6) is -0.354. The van der Waals surface area contributed by atoms with Crippen molar-refractivity contribution in [3.8, 4) is 0 Å². The van der Waals surface area contributed by atoms with E-state index in [1.54, 1.807) is 13.1 Å². The molecule has 0 saturated carbocycles. The number of nitrogens with zero attached hydrogens (tertiary/aromatic N) is 4. The van der Waals surface area contributed by atoms with Gasteiger partial charge in [0.2, 0.25) is 0 Å². The van der Waals surface area contributed by atoms with E-state index >= 15 is 0 Å². The summed E-state index contributed by atoms with van der Waals surface area (Å²) < 4.78 is 8.44. The minimum absolute atomic E-state index is 0.0171. The molecule has 136 valence electrons. The van der Waals surface area contributed by atoms with E-state index in [1.165, 1.54) is 4.68 Å². The van der Waals surface area contributed by atoms with Gasteiger partial charge in [-0.1, -0.05) is 29.5 Å². The van der Waals surface area contributed by atoms with Gasteiger partial charge in [-0.3, -0.25) is 9.59 Å². The quantitative estimate of drug-likeness (QED) is 0.402. The Balaban J connectivity index is 1.78. The van der Waals surface area contributed by atoms with E-state index in [0.29, 0.717) is 29.6 Å². The Labute approximate surface area is 154 Å². The van der Waals surface area contributed by atoms with E-state index in [9.17, 15) is 9.59 Å². The molecule has 0 atom stereocenters. The van der Waals surface area contributed by atoms with Gasteiger partial charge in [-0.15, -0.1) is 5.10 Å². The van der Waals surface area contributed by atoms with E-state index in [0.717, 1.165) is 11.0 Å². The molecule has 0 aliphatic rings. The number of aromatic nitrogens is 4. The number of carbonyl (C=O) groups is 1. The van der Waals surface area contributed by atoms with Crippen molar-refractivity contribution in [3.63, 3.8) is 0 Å². The normalized spacial score (nSPS) is 11.1. The van der Waals surface area contributed by atoms with Crippen LogP contribution in [0.4, 0.5) is 0 Å². The smallest absolute Gasteiger partial charge is 0.327 e. The number of fused-ring (bicyclic) bond motifs is 2. The van der Waals surface area contributed by atoms with Crippen LogP contribution in [0.1, 0.15) is 12.6 Å². The number of ether oxygens (including phenoxy) is 1. The van der Waals surface area contributed by atoms with Gasteiger partial charge in [0, 0.05) is 10.8 Å². The van der Waals surface area contributed by atoms with Crippen molar-refractivity contribution in [2.24, 2.45) is 0 Å². The van der Waals surface area contributed by atoms with Crippen LogP contribution in [-0.4, -0.2) is 32.1 Å². The first-order valence-electron chi connectivity index (χ1n) is 8.72. The number of pyridine rings is 1. The van der Waals surface area contributed by atoms with Crippen molar-refractivity contribution in [1.29, 1.82) is 0 Å². The second-order valence-corrected chi connectivity index (χ2v) is 6.16. The second-order valence-electron chi connectivity index (χ2n) is 6.16. The van der Waals surface area contributed by atoms with Crippen LogP contribution < -0.4 is 5.43 Å². The molecular weight excluding hydrogens is 344 g/mol. The van der Waals surface area contributed by atoms with Crippen LogP contribution in [0.3, 0.4) is 0 Å². The van der Waals surface area contributed by atoms with Gasteiger partial charge in [0.25, 0.3) is 0 Å². The fraction of sp³-hybridized carbons (Fsp3) is 0.200. The highest BCUT2D eigenvalue weighted by Gasteiger charge is 2.12. The number of hydrogen-bond donors (Lipinski definition) is 0. The molecule has 0 spiro atoms. The topological polar surface area (TPSA) is 79.0 Å². The number of hydrogen-bond acceptors (Lipinski definition) is 5. The summed E-state index contributed by atoms with van der Waals surface area (Å²) in [7, 11) is 0. The van der Waals surface area contributed by atoms with Crippen molar-refractivity contribution in [2.75, 3.05) is 6.61 Å². The summed E-state index contributed by atoms with van der Waals surface area (Å²) in [4.78, 5) is 24.4. The van der Waals surface area contributed by atoms with Gasteiger partial charge in [-0.2, -0.15) is 0 Å². The minimum atomic E-state index is -0.354. The molecule has 2 aromatic carbocycles. The molecule has 0 radical (unpaired) electrons. The van der Waals surface area contributed by atoms with Gasteiger partial charge in [0.15, 0.2) is 5.43 Å². The molecular formula is C20H18N4O3. The van der Waals surface area contributed by atoms with Crippen molar-refractivity contribution in [3.05, 3.63) is 70.6 Å². The zero-order chi connectivity index (χ0) is 18.8. The Hall–Kier alpha value is -3.48. The molecule has 2 heterocycles. The standard InChI is InChI=1S/C20H18N4O3/c1-2-27-19(25)13-23-11-14(21-22-23)12-24-17-9-5-3-7-15(17)20(26)16-8-4-6-10-18(16)24/h3-11H,2,12-13H2,1H3. The maximum atomic E-state index is 12.8. The Bertz CT molecular complexity index is 1130. The maximum Gasteiger partial charge on any atom is 0.327 e. The first kappa shape index (κ1) is 17.0. The van der Waals surface area contributed by atoms with Crippen LogP contribution in [0.5, 0.6) is 0 Å². The SMILES string of the molecule is CCOC(=O)Cn1cc(Cn2c3ccccc3c(=O)c3ccccc32)nn1. The molecule has 7 heteroatoms. The molecule has 0 amide bonds. The molecule has 0 saturated heterocycles. The molecule has 0 N–H and O–H groups in total. The monoisotopic (exact) mass is 362 g/mol.